The topological polar surface area (TPSA) is 12.5 Å². The first-order valence-electron chi connectivity index (χ1n) is 6.94. The molecule has 3 rings (SSSR count). The van der Waals surface area contributed by atoms with Crippen molar-refractivity contribution in [2.45, 2.75) is 31.4 Å². The summed E-state index contributed by atoms with van der Waals surface area (Å²) in [5, 5.41) is 0. The molecule has 1 aliphatic carbocycles. The summed E-state index contributed by atoms with van der Waals surface area (Å²) < 4.78 is 6.09. The maximum atomic E-state index is 6.09. The Balaban J connectivity index is 1.93. The molecular formula is C16H21NO. The van der Waals surface area contributed by atoms with Crippen LogP contribution in [0.15, 0.2) is 36.9 Å². The third-order valence-corrected chi connectivity index (χ3v) is 4.17. The zero-order valence-electron chi connectivity index (χ0n) is 10.8. The minimum absolute atomic E-state index is 0.261. The second kappa shape index (κ2) is 5.25. The zero-order chi connectivity index (χ0) is 12.4. The highest BCUT2D eigenvalue weighted by Gasteiger charge is 2.35. The van der Waals surface area contributed by atoms with Crippen molar-refractivity contribution in [1.29, 1.82) is 0 Å². The number of hydrogen-bond acceptors (Lipinski definition) is 2. The molecule has 1 aromatic carbocycles. The van der Waals surface area contributed by atoms with Crippen molar-refractivity contribution in [2.75, 3.05) is 19.7 Å². The summed E-state index contributed by atoms with van der Waals surface area (Å²) in [5.41, 5.74) is 2.89. The van der Waals surface area contributed by atoms with E-state index in [1.807, 2.05) is 6.08 Å². The van der Waals surface area contributed by atoms with Gasteiger partial charge in [0, 0.05) is 19.1 Å². The number of nitrogens with zero attached hydrogens (tertiary/aromatic N) is 1. The zero-order valence-corrected chi connectivity index (χ0v) is 10.8. The number of aryl methyl sites for hydroxylation is 1. The molecule has 18 heavy (non-hydrogen) atoms. The molecule has 1 fully saturated rings. The summed E-state index contributed by atoms with van der Waals surface area (Å²) in [6.45, 7) is 6.73. The highest BCUT2D eigenvalue weighted by molar-refractivity contribution is 5.32. The Hall–Kier alpha value is -1.12. The molecule has 0 N–H and O–H groups in total. The van der Waals surface area contributed by atoms with E-state index in [0.717, 1.165) is 19.7 Å². The number of ether oxygens (including phenoxy) is 1. The van der Waals surface area contributed by atoms with E-state index in [1.165, 1.54) is 30.4 Å². The van der Waals surface area contributed by atoms with Crippen LogP contribution in [0.25, 0.3) is 0 Å². The fourth-order valence-electron chi connectivity index (χ4n) is 3.33. The van der Waals surface area contributed by atoms with Gasteiger partial charge in [0.2, 0.25) is 0 Å². The molecular weight excluding hydrogens is 222 g/mol. The summed E-state index contributed by atoms with van der Waals surface area (Å²) >= 11 is 0. The Morgan fingerprint density at radius 1 is 1.39 bits per heavy atom. The van der Waals surface area contributed by atoms with Crippen molar-refractivity contribution >= 4 is 0 Å². The lowest BCUT2D eigenvalue weighted by Crippen LogP contribution is -2.46. The molecule has 2 aliphatic rings. The van der Waals surface area contributed by atoms with Gasteiger partial charge >= 0.3 is 0 Å². The van der Waals surface area contributed by atoms with Gasteiger partial charge in [-0.2, -0.15) is 0 Å². The van der Waals surface area contributed by atoms with Crippen LogP contribution in [0.3, 0.4) is 0 Å². The van der Waals surface area contributed by atoms with Crippen molar-refractivity contribution in [2.24, 2.45) is 0 Å². The van der Waals surface area contributed by atoms with Gasteiger partial charge in [-0.05, 0) is 30.4 Å². The molecule has 1 aliphatic heterocycles. The first-order valence-corrected chi connectivity index (χ1v) is 6.94. The van der Waals surface area contributed by atoms with Crippen LogP contribution in [0, 0.1) is 0 Å². The molecule has 2 atom stereocenters. The maximum absolute atomic E-state index is 6.09. The Morgan fingerprint density at radius 3 is 3.17 bits per heavy atom. The number of fused-ring (bicyclic) bond motifs is 3. The first-order chi connectivity index (χ1) is 8.90. The molecule has 1 heterocycles. The Bertz CT molecular complexity index is 429. The molecule has 0 unspecified atom stereocenters. The van der Waals surface area contributed by atoms with Crippen molar-refractivity contribution in [3.63, 3.8) is 0 Å². The highest BCUT2D eigenvalue weighted by atomic mass is 16.5. The van der Waals surface area contributed by atoms with Crippen LogP contribution in [0.4, 0.5) is 0 Å². The molecule has 0 saturated carbocycles. The average Bonchev–Trinajstić information content (AvgIpc) is 2.59. The lowest BCUT2D eigenvalue weighted by Gasteiger charge is -2.40. The van der Waals surface area contributed by atoms with E-state index in [2.05, 4.69) is 35.7 Å². The molecule has 2 heteroatoms. The molecule has 96 valence electrons. The number of morpholine rings is 1. The molecule has 0 radical (unpaired) electrons. The Kier molecular flexibility index (Phi) is 3.48. The molecule has 1 saturated heterocycles. The van der Waals surface area contributed by atoms with E-state index < -0.39 is 0 Å². The van der Waals surface area contributed by atoms with E-state index in [9.17, 15) is 0 Å². The molecule has 0 aromatic heterocycles. The molecule has 0 bridgehead atoms. The quantitative estimate of drug-likeness (QED) is 0.740. The molecule has 2 nitrogen and oxygen atoms in total. The summed E-state index contributed by atoms with van der Waals surface area (Å²) in [5.74, 6) is 0. The van der Waals surface area contributed by atoms with E-state index in [-0.39, 0.29) is 6.10 Å². The van der Waals surface area contributed by atoms with Crippen LogP contribution in [-0.4, -0.2) is 30.6 Å². The van der Waals surface area contributed by atoms with Gasteiger partial charge in [-0.15, -0.1) is 6.58 Å². The number of rotatable bonds is 2. The smallest absolute Gasteiger partial charge is 0.0983 e. The van der Waals surface area contributed by atoms with Crippen LogP contribution in [0.1, 0.15) is 30.1 Å². The van der Waals surface area contributed by atoms with Crippen molar-refractivity contribution < 1.29 is 4.74 Å². The summed E-state index contributed by atoms with van der Waals surface area (Å²) in [6, 6.07) is 9.31. The van der Waals surface area contributed by atoms with Gasteiger partial charge in [-0.25, -0.2) is 0 Å². The van der Waals surface area contributed by atoms with Gasteiger partial charge in [0.1, 0.15) is 0 Å². The Morgan fingerprint density at radius 2 is 2.28 bits per heavy atom. The van der Waals surface area contributed by atoms with Gasteiger partial charge in [0.25, 0.3) is 0 Å². The molecule has 0 amide bonds. The second-order valence-electron chi connectivity index (χ2n) is 5.23. The highest BCUT2D eigenvalue weighted by Crippen LogP contribution is 2.36. The van der Waals surface area contributed by atoms with Crippen molar-refractivity contribution in [3.05, 3.63) is 48.0 Å². The van der Waals surface area contributed by atoms with Crippen LogP contribution in [0.5, 0.6) is 0 Å². The molecule has 0 spiro atoms. The van der Waals surface area contributed by atoms with Crippen LogP contribution < -0.4 is 0 Å². The van der Waals surface area contributed by atoms with E-state index in [1.54, 1.807) is 0 Å². The fourth-order valence-corrected chi connectivity index (χ4v) is 3.33. The lowest BCUT2D eigenvalue weighted by atomic mass is 9.96. The average molecular weight is 243 g/mol. The third kappa shape index (κ3) is 2.11. The van der Waals surface area contributed by atoms with Gasteiger partial charge in [-0.3, -0.25) is 4.90 Å². The minimum atomic E-state index is 0.261. The third-order valence-electron chi connectivity index (χ3n) is 4.17. The largest absolute Gasteiger partial charge is 0.371 e. The van der Waals surface area contributed by atoms with Crippen molar-refractivity contribution in [3.8, 4) is 0 Å². The predicted octanol–water partition coefficient (Wildman–Crippen LogP) is 2.95. The van der Waals surface area contributed by atoms with Crippen LogP contribution in [0.2, 0.25) is 0 Å². The first kappa shape index (κ1) is 11.9. The van der Waals surface area contributed by atoms with E-state index >= 15 is 0 Å². The predicted molar refractivity (Wildman–Crippen MR) is 73.6 cm³/mol. The van der Waals surface area contributed by atoms with Crippen LogP contribution in [-0.2, 0) is 11.2 Å². The monoisotopic (exact) mass is 243 g/mol. The normalized spacial score (nSPS) is 28.0. The molecule has 1 aromatic rings. The van der Waals surface area contributed by atoms with E-state index in [0.29, 0.717) is 6.04 Å². The fraction of sp³-hybridized carbons (Fsp3) is 0.500. The summed E-state index contributed by atoms with van der Waals surface area (Å²) in [7, 11) is 0. The lowest BCUT2D eigenvalue weighted by molar-refractivity contribution is -0.0705. The van der Waals surface area contributed by atoms with Gasteiger partial charge in [-0.1, -0.05) is 30.3 Å². The number of benzene rings is 1. The van der Waals surface area contributed by atoms with Crippen LogP contribution >= 0.6 is 0 Å². The SMILES string of the molecule is C=CCN1CCO[C@H]2c3ccccc3CCC[C@@H]21. The number of hydrogen-bond donors (Lipinski definition) is 0. The van der Waals surface area contributed by atoms with Gasteiger partial charge in [0.05, 0.1) is 12.7 Å². The Labute approximate surface area is 109 Å². The van der Waals surface area contributed by atoms with E-state index in [4.69, 9.17) is 4.74 Å². The second-order valence-corrected chi connectivity index (χ2v) is 5.23. The maximum Gasteiger partial charge on any atom is 0.0983 e. The summed E-state index contributed by atoms with van der Waals surface area (Å²) in [6.07, 6.45) is 5.95. The van der Waals surface area contributed by atoms with Gasteiger partial charge in [0.15, 0.2) is 0 Å². The van der Waals surface area contributed by atoms with Gasteiger partial charge < -0.3 is 4.74 Å². The van der Waals surface area contributed by atoms with Crippen molar-refractivity contribution in [1.82, 2.24) is 4.90 Å². The standard InChI is InChI=1S/C16H21NO/c1-2-10-17-11-12-18-16-14-8-4-3-6-13(14)7-5-9-15(16)17/h2-4,6,8,15-16H,1,5,7,9-12H2/t15-,16-/m0/s1. The summed E-state index contributed by atoms with van der Waals surface area (Å²) in [4.78, 5) is 2.53. The minimum Gasteiger partial charge on any atom is -0.371 e.